The van der Waals surface area contributed by atoms with Crippen molar-refractivity contribution < 1.29 is 9.21 Å². The van der Waals surface area contributed by atoms with Crippen LogP contribution in [0.3, 0.4) is 0 Å². The van der Waals surface area contributed by atoms with E-state index in [-0.39, 0.29) is 5.91 Å². The second-order valence-electron chi connectivity index (χ2n) is 3.81. The van der Waals surface area contributed by atoms with Gasteiger partial charge in [0.25, 0.3) is 5.91 Å². The Balaban J connectivity index is 2.01. The lowest BCUT2D eigenvalue weighted by molar-refractivity contribution is 0.0953. The van der Waals surface area contributed by atoms with Crippen LogP contribution in [0.4, 0.5) is 0 Å². The third-order valence-electron chi connectivity index (χ3n) is 2.37. The molecule has 2 aromatic rings. The van der Waals surface area contributed by atoms with Gasteiger partial charge < -0.3 is 4.42 Å². The van der Waals surface area contributed by atoms with E-state index in [4.69, 9.17) is 4.42 Å². The Labute approximate surface area is 105 Å². The van der Waals surface area contributed by atoms with Gasteiger partial charge in [0.1, 0.15) is 11.5 Å². The number of hydrazone groups is 1. The van der Waals surface area contributed by atoms with Gasteiger partial charge in [0, 0.05) is 12.4 Å². The summed E-state index contributed by atoms with van der Waals surface area (Å²) in [7, 11) is 0. The van der Waals surface area contributed by atoms with Gasteiger partial charge in [0.05, 0.1) is 11.8 Å². The monoisotopic (exact) mass is 243 g/mol. The average Bonchev–Trinajstić information content (AvgIpc) is 2.70. The van der Waals surface area contributed by atoms with E-state index in [1.165, 1.54) is 0 Å². The zero-order valence-electron chi connectivity index (χ0n) is 10.2. The van der Waals surface area contributed by atoms with Gasteiger partial charge >= 0.3 is 0 Å². The van der Waals surface area contributed by atoms with Crippen LogP contribution >= 0.6 is 0 Å². The fourth-order valence-electron chi connectivity index (χ4n) is 1.53. The van der Waals surface area contributed by atoms with E-state index in [9.17, 15) is 4.79 Å². The fraction of sp³-hybridized carbons (Fsp3) is 0.154. The molecule has 0 saturated heterocycles. The summed E-state index contributed by atoms with van der Waals surface area (Å²) in [4.78, 5) is 15.7. The van der Waals surface area contributed by atoms with Crippen LogP contribution in [0, 0.1) is 13.8 Å². The maximum atomic E-state index is 11.8. The molecular weight excluding hydrogens is 230 g/mol. The van der Waals surface area contributed by atoms with E-state index < -0.39 is 0 Å². The first kappa shape index (κ1) is 12.0. The van der Waals surface area contributed by atoms with Gasteiger partial charge in [-0.1, -0.05) is 0 Å². The average molecular weight is 243 g/mol. The smallest absolute Gasteiger partial charge is 0.274 e. The Morgan fingerprint density at radius 1 is 1.39 bits per heavy atom. The quantitative estimate of drug-likeness (QED) is 0.662. The summed E-state index contributed by atoms with van der Waals surface area (Å²) in [6, 6.07) is 5.28. The molecule has 1 amide bonds. The normalized spacial score (nSPS) is 10.8. The lowest BCUT2D eigenvalue weighted by Gasteiger charge is -1.97. The van der Waals surface area contributed by atoms with Gasteiger partial charge in [-0.25, -0.2) is 5.43 Å². The van der Waals surface area contributed by atoms with Crippen molar-refractivity contribution in [2.24, 2.45) is 5.10 Å². The summed E-state index contributed by atoms with van der Waals surface area (Å²) < 4.78 is 5.28. The van der Waals surface area contributed by atoms with Gasteiger partial charge in [-0.15, -0.1) is 0 Å². The highest BCUT2D eigenvalue weighted by Gasteiger charge is 2.12. The summed E-state index contributed by atoms with van der Waals surface area (Å²) in [5.41, 5.74) is 3.82. The molecule has 0 aromatic carbocycles. The Morgan fingerprint density at radius 3 is 2.72 bits per heavy atom. The van der Waals surface area contributed by atoms with E-state index >= 15 is 0 Å². The first-order valence-corrected chi connectivity index (χ1v) is 5.47. The van der Waals surface area contributed by atoms with Crippen molar-refractivity contribution in [2.45, 2.75) is 13.8 Å². The predicted octanol–water partition coefficient (Wildman–Crippen LogP) is 2.06. The minimum atomic E-state index is -0.283. The molecule has 2 aromatic heterocycles. The lowest BCUT2D eigenvalue weighted by atomic mass is 10.2. The molecule has 0 aliphatic heterocycles. The molecule has 0 fully saturated rings. The Bertz CT molecular complexity index is 573. The minimum Gasteiger partial charge on any atom is -0.466 e. The largest absolute Gasteiger partial charge is 0.466 e. The van der Waals surface area contributed by atoms with Crippen molar-refractivity contribution in [3.8, 4) is 0 Å². The maximum Gasteiger partial charge on any atom is 0.274 e. The standard InChI is InChI=1S/C13H13N3O2/c1-9-7-12(10(2)18-9)13(17)16-15-8-11-3-5-14-6-4-11/h3-8H,1-2H3,(H,16,17)/b15-8-. The van der Waals surface area contributed by atoms with E-state index in [0.717, 1.165) is 5.56 Å². The maximum absolute atomic E-state index is 11.8. The molecule has 18 heavy (non-hydrogen) atoms. The molecule has 0 unspecified atom stereocenters. The summed E-state index contributed by atoms with van der Waals surface area (Å²) in [5, 5.41) is 3.87. The zero-order chi connectivity index (χ0) is 13.0. The van der Waals surface area contributed by atoms with Crippen LogP contribution in [0.15, 0.2) is 40.1 Å². The van der Waals surface area contributed by atoms with Gasteiger partial charge in [0.15, 0.2) is 0 Å². The van der Waals surface area contributed by atoms with Crippen molar-refractivity contribution in [2.75, 3.05) is 0 Å². The van der Waals surface area contributed by atoms with Crippen LogP contribution in [-0.2, 0) is 0 Å². The van der Waals surface area contributed by atoms with Crippen molar-refractivity contribution in [1.82, 2.24) is 10.4 Å². The van der Waals surface area contributed by atoms with E-state index in [0.29, 0.717) is 17.1 Å². The van der Waals surface area contributed by atoms with Crippen LogP contribution in [0.1, 0.15) is 27.4 Å². The number of amides is 1. The molecule has 0 aliphatic carbocycles. The van der Waals surface area contributed by atoms with Crippen LogP contribution in [0.5, 0.6) is 0 Å². The number of hydrogen-bond donors (Lipinski definition) is 1. The van der Waals surface area contributed by atoms with Crippen molar-refractivity contribution in [1.29, 1.82) is 0 Å². The van der Waals surface area contributed by atoms with E-state index in [1.54, 1.807) is 50.7 Å². The highest BCUT2D eigenvalue weighted by atomic mass is 16.3. The number of pyridine rings is 1. The molecule has 0 saturated carbocycles. The molecule has 0 spiro atoms. The van der Waals surface area contributed by atoms with Crippen LogP contribution in [0.2, 0.25) is 0 Å². The number of aryl methyl sites for hydroxylation is 2. The fourth-order valence-corrected chi connectivity index (χ4v) is 1.53. The molecule has 0 bridgehead atoms. The van der Waals surface area contributed by atoms with Crippen molar-refractivity contribution in [3.63, 3.8) is 0 Å². The van der Waals surface area contributed by atoms with Crippen LogP contribution in [0.25, 0.3) is 0 Å². The highest BCUT2D eigenvalue weighted by Crippen LogP contribution is 2.13. The van der Waals surface area contributed by atoms with Crippen LogP contribution in [-0.4, -0.2) is 17.1 Å². The minimum absolute atomic E-state index is 0.283. The summed E-state index contributed by atoms with van der Waals surface area (Å²) in [5.74, 6) is 1.01. The van der Waals surface area contributed by atoms with E-state index in [1.807, 2.05) is 0 Å². The SMILES string of the molecule is Cc1cc(C(=O)N/N=C\c2ccncc2)c(C)o1. The summed E-state index contributed by atoms with van der Waals surface area (Å²) in [6.45, 7) is 3.54. The Morgan fingerprint density at radius 2 is 2.11 bits per heavy atom. The third-order valence-corrected chi connectivity index (χ3v) is 2.37. The number of nitrogens with zero attached hydrogens (tertiary/aromatic N) is 2. The number of rotatable bonds is 3. The Kier molecular flexibility index (Phi) is 3.52. The number of carbonyl (C=O) groups excluding carboxylic acids is 1. The van der Waals surface area contributed by atoms with Crippen molar-refractivity contribution >= 4 is 12.1 Å². The van der Waals surface area contributed by atoms with Gasteiger partial charge in [-0.3, -0.25) is 9.78 Å². The molecule has 2 rings (SSSR count). The second-order valence-corrected chi connectivity index (χ2v) is 3.81. The molecule has 0 atom stereocenters. The topological polar surface area (TPSA) is 67.5 Å². The predicted molar refractivity (Wildman–Crippen MR) is 67.5 cm³/mol. The van der Waals surface area contributed by atoms with Gasteiger partial charge in [-0.05, 0) is 37.6 Å². The molecule has 5 nitrogen and oxygen atoms in total. The summed E-state index contributed by atoms with van der Waals surface area (Å²) >= 11 is 0. The summed E-state index contributed by atoms with van der Waals surface area (Å²) in [6.07, 6.45) is 4.88. The third kappa shape index (κ3) is 2.82. The number of nitrogens with one attached hydrogen (secondary N) is 1. The van der Waals surface area contributed by atoms with E-state index in [2.05, 4.69) is 15.5 Å². The number of hydrogen-bond acceptors (Lipinski definition) is 4. The molecule has 0 radical (unpaired) electrons. The van der Waals surface area contributed by atoms with Crippen LogP contribution < -0.4 is 5.43 Å². The molecule has 1 N–H and O–H groups in total. The Hall–Kier alpha value is -2.43. The number of carbonyl (C=O) groups is 1. The number of aromatic nitrogens is 1. The van der Waals surface area contributed by atoms with Gasteiger partial charge in [0.2, 0.25) is 0 Å². The number of furan rings is 1. The lowest BCUT2D eigenvalue weighted by Crippen LogP contribution is -2.17. The molecule has 2 heterocycles. The molecular formula is C13H13N3O2. The zero-order valence-corrected chi connectivity index (χ0v) is 10.2. The molecule has 5 heteroatoms. The first-order valence-electron chi connectivity index (χ1n) is 5.47. The second kappa shape index (κ2) is 5.27. The van der Waals surface area contributed by atoms with Crippen molar-refractivity contribution in [3.05, 3.63) is 53.2 Å². The molecule has 92 valence electrons. The first-order chi connectivity index (χ1) is 8.66. The molecule has 0 aliphatic rings. The van der Waals surface area contributed by atoms with Gasteiger partial charge in [-0.2, -0.15) is 5.10 Å². The highest BCUT2D eigenvalue weighted by molar-refractivity contribution is 5.95.